The second kappa shape index (κ2) is 6.56. The maximum atomic E-state index is 11.3. The molecule has 1 fully saturated rings. The highest BCUT2D eigenvalue weighted by molar-refractivity contribution is 7.89. The average Bonchev–Trinajstić information content (AvgIpc) is 2.86. The minimum absolute atomic E-state index is 0.155. The van der Waals surface area contributed by atoms with Crippen LogP contribution < -0.4 is 9.88 Å². The number of aryl methyl sites for hydroxylation is 1. The lowest BCUT2D eigenvalue weighted by atomic mass is 10.2. The molecule has 0 spiro atoms. The summed E-state index contributed by atoms with van der Waals surface area (Å²) in [4.78, 5) is 2.60. The monoisotopic (exact) mass is 298 g/mol. The molecule has 1 aromatic rings. The van der Waals surface area contributed by atoms with Crippen molar-refractivity contribution >= 4 is 10.0 Å². The summed E-state index contributed by atoms with van der Waals surface area (Å²) in [6.07, 6.45) is 3.58. The Morgan fingerprint density at radius 2 is 2.00 bits per heavy atom. The molecule has 5 nitrogen and oxygen atoms in total. The van der Waals surface area contributed by atoms with Gasteiger partial charge in [-0.25, -0.2) is 13.6 Å². The van der Waals surface area contributed by atoms with E-state index in [0.717, 1.165) is 13.0 Å². The van der Waals surface area contributed by atoms with Crippen molar-refractivity contribution in [3.8, 4) is 5.75 Å². The third kappa shape index (κ3) is 4.19. The first-order chi connectivity index (χ1) is 9.47. The number of primary sulfonamides is 1. The molecule has 0 unspecified atom stereocenters. The van der Waals surface area contributed by atoms with Crippen molar-refractivity contribution < 1.29 is 13.2 Å². The van der Waals surface area contributed by atoms with E-state index >= 15 is 0 Å². The van der Waals surface area contributed by atoms with Crippen molar-refractivity contribution in [3.05, 3.63) is 23.8 Å². The molecule has 0 bridgehead atoms. The van der Waals surface area contributed by atoms with E-state index in [2.05, 4.69) is 4.90 Å². The minimum Gasteiger partial charge on any atom is -0.494 e. The van der Waals surface area contributed by atoms with Crippen LogP contribution in [0.5, 0.6) is 5.75 Å². The number of likely N-dealkylation sites (tertiary alicyclic amines) is 1. The Hall–Kier alpha value is -1.11. The maximum absolute atomic E-state index is 11.3. The number of ether oxygens (including phenoxy) is 1. The second-order valence-corrected chi connectivity index (χ2v) is 6.75. The minimum atomic E-state index is -3.65. The Balaban J connectivity index is 1.83. The van der Waals surface area contributed by atoms with Gasteiger partial charge < -0.3 is 9.64 Å². The lowest BCUT2D eigenvalue weighted by Gasteiger charge is -2.14. The van der Waals surface area contributed by atoms with Gasteiger partial charge >= 0.3 is 0 Å². The molecule has 0 saturated carbocycles. The van der Waals surface area contributed by atoms with Crippen LogP contribution >= 0.6 is 0 Å². The molecule has 1 aliphatic rings. The van der Waals surface area contributed by atoms with Gasteiger partial charge in [0.25, 0.3) is 0 Å². The molecular formula is C14H22N2O3S. The third-order valence-electron chi connectivity index (χ3n) is 3.54. The Morgan fingerprint density at radius 3 is 2.60 bits per heavy atom. The van der Waals surface area contributed by atoms with Gasteiger partial charge in [0, 0.05) is 6.54 Å². The van der Waals surface area contributed by atoms with Gasteiger partial charge in [-0.3, -0.25) is 0 Å². The first-order valence-electron chi connectivity index (χ1n) is 6.95. The SMILES string of the molecule is Cc1cc(OCCCN2CCCC2)ccc1S(N)(=O)=O. The van der Waals surface area contributed by atoms with Crippen LogP contribution in [0.4, 0.5) is 0 Å². The smallest absolute Gasteiger partial charge is 0.238 e. The van der Waals surface area contributed by atoms with Crippen molar-refractivity contribution in [2.24, 2.45) is 5.14 Å². The normalized spacial score (nSPS) is 16.5. The quantitative estimate of drug-likeness (QED) is 0.808. The van der Waals surface area contributed by atoms with Crippen LogP contribution in [0.1, 0.15) is 24.8 Å². The molecule has 1 heterocycles. The van der Waals surface area contributed by atoms with Crippen LogP contribution in [0.15, 0.2) is 23.1 Å². The van der Waals surface area contributed by atoms with Crippen molar-refractivity contribution in [1.29, 1.82) is 0 Å². The molecule has 0 aliphatic carbocycles. The third-order valence-corrected chi connectivity index (χ3v) is 4.61. The van der Waals surface area contributed by atoms with Crippen molar-refractivity contribution in [3.63, 3.8) is 0 Å². The molecule has 1 aromatic carbocycles. The molecule has 0 radical (unpaired) electrons. The van der Waals surface area contributed by atoms with Gasteiger partial charge in [0.1, 0.15) is 5.75 Å². The Labute approximate surface area is 120 Å². The summed E-state index contributed by atoms with van der Waals surface area (Å²) in [5, 5.41) is 5.13. The molecule has 0 atom stereocenters. The van der Waals surface area contributed by atoms with Gasteiger partial charge in [0.15, 0.2) is 0 Å². The fourth-order valence-electron chi connectivity index (χ4n) is 2.52. The highest BCUT2D eigenvalue weighted by Gasteiger charge is 2.12. The van der Waals surface area contributed by atoms with Gasteiger partial charge in [-0.05, 0) is 63.0 Å². The molecule has 20 heavy (non-hydrogen) atoms. The number of hydrogen-bond acceptors (Lipinski definition) is 4. The van der Waals surface area contributed by atoms with Crippen LogP contribution in [0.25, 0.3) is 0 Å². The zero-order valence-electron chi connectivity index (χ0n) is 11.8. The van der Waals surface area contributed by atoms with Crippen molar-refractivity contribution in [2.75, 3.05) is 26.2 Å². The zero-order valence-corrected chi connectivity index (χ0v) is 12.7. The Bertz CT molecular complexity index is 552. The molecule has 0 amide bonds. The van der Waals surface area contributed by atoms with E-state index in [-0.39, 0.29) is 4.90 Å². The fraction of sp³-hybridized carbons (Fsp3) is 0.571. The van der Waals surface area contributed by atoms with Gasteiger partial charge in [0.05, 0.1) is 11.5 Å². The molecule has 0 aromatic heterocycles. The number of rotatable bonds is 6. The van der Waals surface area contributed by atoms with E-state index in [0.29, 0.717) is 17.9 Å². The lowest BCUT2D eigenvalue weighted by Crippen LogP contribution is -2.21. The van der Waals surface area contributed by atoms with Gasteiger partial charge in [0.2, 0.25) is 10.0 Å². The van der Waals surface area contributed by atoms with Crippen LogP contribution in [-0.4, -0.2) is 39.6 Å². The van der Waals surface area contributed by atoms with Gasteiger partial charge in [-0.2, -0.15) is 0 Å². The number of nitrogens with two attached hydrogens (primary N) is 1. The fourth-order valence-corrected chi connectivity index (χ4v) is 3.28. The summed E-state index contributed by atoms with van der Waals surface area (Å²) >= 11 is 0. The highest BCUT2D eigenvalue weighted by Crippen LogP contribution is 2.20. The molecule has 6 heteroatoms. The van der Waals surface area contributed by atoms with Crippen LogP contribution in [0.3, 0.4) is 0 Å². The summed E-state index contributed by atoms with van der Waals surface area (Å²) in [6, 6.07) is 4.87. The van der Waals surface area contributed by atoms with Crippen LogP contribution in [-0.2, 0) is 10.0 Å². The molecule has 2 rings (SSSR count). The average molecular weight is 298 g/mol. The first kappa shape index (κ1) is 15.3. The summed E-state index contributed by atoms with van der Waals surface area (Å²) in [5.74, 6) is 0.691. The standard InChI is InChI=1S/C14H22N2O3S/c1-12-11-13(5-6-14(12)20(15,17)18)19-10-4-9-16-7-2-3-8-16/h5-6,11H,2-4,7-10H2,1H3,(H2,15,17,18). The molecule has 1 aliphatic heterocycles. The topological polar surface area (TPSA) is 72.6 Å². The lowest BCUT2D eigenvalue weighted by molar-refractivity contribution is 0.263. The van der Waals surface area contributed by atoms with E-state index in [1.165, 1.54) is 32.0 Å². The highest BCUT2D eigenvalue weighted by atomic mass is 32.2. The van der Waals surface area contributed by atoms with Crippen LogP contribution in [0, 0.1) is 6.92 Å². The number of hydrogen-bond donors (Lipinski definition) is 1. The van der Waals surface area contributed by atoms with E-state index in [9.17, 15) is 8.42 Å². The largest absolute Gasteiger partial charge is 0.494 e. The van der Waals surface area contributed by atoms with Crippen molar-refractivity contribution in [1.82, 2.24) is 4.90 Å². The van der Waals surface area contributed by atoms with Gasteiger partial charge in [-0.1, -0.05) is 0 Å². The van der Waals surface area contributed by atoms with E-state index < -0.39 is 10.0 Å². The molecule has 1 saturated heterocycles. The van der Waals surface area contributed by atoms with E-state index in [1.807, 2.05) is 0 Å². The Morgan fingerprint density at radius 1 is 1.30 bits per heavy atom. The second-order valence-electron chi connectivity index (χ2n) is 5.22. The summed E-state index contributed by atoms with van der Waals surface area (Å²) in [7, 11) is -3.65. The number of nitrogens with zero attached hydrogens (tertiary/aromatic N) is 1. The number of sulfonamides is 1. The Kier molecular flexibility index (Phi) is 5.01. The molecule has 112 valence electrons. The van der Waals surface area contributed by atoms with Crippen molar-refractivity contribution in [2.45, 2.75) is 31.1 Å². The molecule has 2 N–H and O–H groups in total. The van der Waals surface area contributed by atoms with E-state index in [1.54, 1.807) is 19.1 Å². The first-order valence-corrected chi connectivity index (χ1v) is 8.50. The zero-order chi connectivity index (χ0) is 14.6. The van der Waals surface area contributed by atoms with E-state index in [4.69, 9.17) is 9.88 Å². The predicted octanol–water partition coefficient (Wildman–Crippen LogP) is 1.51. The summed E-state index contributed by atoms with van der Waals surface area (Å²) in [6.45, 7) is 5.82. The van der Waals surface area contributed by atoms with Crippen LogP contribution in [0.2, 0.25) is 0 Å². The summed E-state index contributed by atoms with van der Waals surface area (Å²) in [5.41, 5.74) is 0.615. The van der Waals surface area contributed by atoms with Gasteiger partial charge in [-0.15, -0.1) is 0 Å². The summed E-state index contributed by atoms with van der Waals surface area (Å²) < 4.78 is 28.3. The predicted molar refractivity (Wildman–Crippen MR) is 78.3 cm³/mol. The number of benzene rings is 1. The maximum Gasteiger partial charge on any atom is 0.238 e. The molecular weight excluding hydrogens is 276 g/mol.